The lowest BCUT2D eigenvalue weighted by Gasteiger charge is -2.12. The fraction of sp³-hybridized carbons (Fsp3) is 0.444. The summed E-state index contributed by atoms with van der Waals surface area (Å²) in [4.78, 5) is 43.5. The van der Waals surface area contributed by atoms with Gasteiger partial charge in [0.1, 0.15) is 5.00 Å². The molecule has 10 heteroatoms. The van der Waals surface area contributed by atoms with Crippen LogP contribution in [0.4, 0.5) is 5.00 Å². The molecule has 3 N–H and O–H groups in total. The summed E-state index contributed by atoms with van der Waals surface area (Å²) in [7, 11) is 0. The van der Waals surface area contributed by atoms with Crippen LogP contribution in [-0.4, -0.2) is 39.3 Å². The van der Waals surface area contributed by atoms with E-state index in [0.717, 1.165) is 54.0 Å². The molecule has 0 radical (unpaired) electrons. The molecule has 8 nitrogen and oxygen atoms in total. The number of anilines is 1. The van der Waals surface area contributed by atoms with Crippen LogP contribution >= 0.6 is 23.1 Å². The zero-order chi connectivity index (χ0) is 20.1. The fourth-order valence-corrected chi connectivity index (χ4v) is 5.10. The first-order chi connectivity index (χ1) is 13.5. The number of ether oxygens (including phenoxy) is 1. The first kappa shape index (κ1) is 20.4. The van der Waals surface area contributed by atoms with E-state index in [0.29, 0.717) is 16.3 Å². The average Bonchev–Trinajstić information content (AvgIpc) is 2.98. The normalized spacial score (nSPS) is 13.0. The maximum atomic E-state index is 12.4. The van der Waals surface area contributed by atoms with Crippen LogP contribution in [-0.2, 0) is 22.4 Å². The number of H-pyrrole nitrogens is 1. The van der Waals surface area contributed by atoms with Gasteiger partial charge in [0.25, 0.3) is 5.56 Å². The van der Waals surface area contributed by atoms with Gasteiger partial charge in [-0.2, -0.15) is 4.98 Å². The Bertz CT molecular complexity index is 938. The highest BCUT2D eigenvalue weighted by Gasteiger charge is 2.27. The highest BCUT2D eigenvalue weighted by Crippen LogP contribution is 2.38. The van der Waals surface area contributed by atoms with Crippen LogP contribution < -0.4 is 10.9 Å². The Kier molecular flexibility index (Phi) is 6.74. The van der Waals surface area contributed by atoms with Crippen LogP contribution in [0.2, 0.25) is 0 Å². The van der Waals surface area contributed by atoms with Crippen molar-refractivity contribution < 1.29 is 19.4 Å². The minimum absolute atomic E-state index is 0.162. The van der Waals surface area contributed by atoms with Crippen LogP contribution in [0.25, 0.3) is 0 Å². The molecule has 0 saturated carbocycles. The molecule has 0 saturated heterocycles. The standard InChI is InChI=1S/C18H21N3O5S2/c1-2-26-17(25)15-10-5-3-4-6-11(10)28-16(15)19-12(22)7-8-27-18-20-13(23)9-14(24)21-18/h9H,2-8H2,1H3,(H,19,22)(H2,20,21,23,24). The van der Waals surface area contributed by atoms with Gasteiger partial charge in [-0.1, -0.05) is 11.8 Å². The van der Waals surface area contributed by atoms with E-state index in [2.05, 4.69) is 15.3 Å². The van der Waals surface area contributed by atoms with Crippen LogP contribution in [0.5, 0.6) is 5.88 Å². The van der Waals surface area contributed by atoms with Gasteiger partial charge in [-0.05, 0) is 38.2 Å². The Morgan fingerprint density at radius 2 is 2.18 bits per heavy atom. The minimum atomic E-state index is -0.456. The number of aromatic hydroxyl groups is 1. The average molecular weight is 424 g/mol. The topological polar surface area (TPSA) is 121 Å². The number of aromatic amines is 1. The number of nitrogens with one attached hydrogen (secondary N) is 2. The summed E-state index contributed by atoms with van der Waals surface area (Å²) >= 11 is 2.60. The zero-order valence-electron chi connectivity index (χ0n) is 15.4. The number of aromatic nitrogens is 2. The number of esters is 1. The first-order valence-corrected chi connectivity index (χ1v) is 10.8. The molecule has 2 aromatic heterocycles. The molecule has 0 fully saturated rings. The number of hydrogen-bond donors (Lipinski definition) is 3. The summed E-state index contributed by atoms with van der Waals surface area (Å²) in [6, 6.07) is 0.978. The van der Waals surface area contributed by atoms with Crippen molar-refractivity contribution in [2.45, 2.75) is 44.2 Å². The molecule has 0 unspecified atom stereocenters. The van der Waals surface area contributed by atoms with Gasteiger partial charge in [-0.3, -0.25) is 9.59 Å². The maximum absolute atomic E-state index is 12.4. The molecule has 1 aliphatic carbocycles. The SMILES string of the molecule is CCOC(=O)c1c(NC(=O)CCSc2nc(O)cc(=O)[nH]2)sc2c1CCCC2. The smallest absolute Gasteiger partial charge is 0.341 e. The maximum Gasteiger partial charge on any atom is 0.341 e. The van der Waals surface area contributed by atoms with E-state index in [1.54, 1.807) is 6.92 Å². The summed E-state index contributed by atoms with van der Waals surface area (Å²) in [5.74, 6) is -0.635. The largest absolute Gasteiger partial charge is 0.493 e. The van der Waals surface area contributed by atoms with Gasteiger partial charge in [-0.15, -0.1) is 11.3 Å². The molecule has 150 valence electrons. The summed E-state index contributed by atoms with van der Waals surface area (Å²) in [6.45, 7) is 2.04. The number of fused-ring (bicyclic) bond motifs is 1. The number of hydrogen-bond acceptors (Lipinski definition) is 8. The Morgan fingerprint density at radius 1 is 1.39 bits per heavy atom. The number of rotatable bonds is 7. The number of carbonyl (C=O) groups excluding carboxylic acids is 2. The van der Waals surface area contributed by atoms with Gasteiger partial charge < -0.3 is 20.1 Å². The number of nitrogens with zero attached hydrogens (tertiary/aromatic N) is 1. The third-order valence-electron chi connectivity index (χ3n) is 4.18. The molecule has 0 aliphatic heterocycles. The Hall–Kier alpha value is -2.33. The molecule has 28 heavy (non-hydrogen) atoms. The molecule has 1 aliphatic rings. The number of carbonyl (C=O) groups is 2. The number of aryl methyl sites for hydroxylation is 1. The van der Waals surface area contributed by atoms with Gasteiger partial charge in [0.15, 0.2) is 5.16 Å². The molecule has 0 spiro atoms. The summed E-state index contributed by atoms with van der Waals surface area (Å²) in [5, 5.41) is 13.0. The highest BCUT2D eigenvalue weighted by atomic mass is 32.2. The molecule has 3 rings (SSSR count). The van der Waals surface area contributed by atoms with E-state index >= 15 is 0 Å². The molecule has 2 heterocycles. The lowest BCUT2D eigenvalue weighted by Crippen LogP contribution is -2.16. The van der Waals surface area contributed by atoms with Crippen LogP contribution in [0.3, 0.4) is 0 Å². The predicted octanol–water partition coefficient (Wildman–Crippen LogP) is 2.71. The zero-order valence-corrected chi connectivity index (χ0v) is 17.0. The molecular weight excluding hydrogens is 402 g/mol. The summed E-state index contributed by atoms with van der Waals surface area (Å²) in [6.07, 6.45) is 4.00. The third-order valence-corrected chi connectivity index (χ3v) is 6.26. The van der Waals surface area contributed by atoms with E-state index < -0.39 is 11.5 Å². The van der Waals surface area contributed by atoms with Crippen molar-refractivity contribution in [3.05, 3.63) is 32.4 Å². The number of thioether (sulfide) groups is 1. The third kappa shape index (κ3) is 4.93. The van der Waals surface area contributed by atoms with Gasteiger partial charge in [-0.25, -0.2) is 4.79 Å². The van der Waals surface area contributed by atoms with E-state index in [-0.39, 0.29) is 30.0 Å². The summed E-state index contributed by atoms with van der Waals surface area (Å²) < 4.78 is 5.18. The highest BCUT2D eigenvalue weighted by molar-refractivity contribution is 7.99. The molecule has 0 atom stereocenters. The van der Waals surface area contributed by atoms with E-state index in [9.17, 15) is 19.5 Å². The number of thiophene rings is 1. The van der Waals surface area contributed by atoms with Gasteiger partial charge >= 0.3 is 5.97 Å². The Labute approximate surface area is 169 Å². The second-order valence-corrected chi connectivity index (χ2v) is 8.38. The van der Waals surface area contributed by atoms with E-state index in [1.807, 2.05) is 0 Å². The lowest BCUT2D eigenvalue weighted by molar-refractivity contribution is -0.115. The fourth-order valence-electron chi connectivity index (χ4n) is 2.99. The van der Waals surface area contributed by atoms with E-state index in [4.69, 9.17) is 4.74 Å². The summed E-state index contributed by atoms with van der Waals surface area (Å²) in [5.41, 5.74) is 1.03. The van der Waals surface area contributed by atoms with Crippen molar-refractivity contribution in [2.75, 3.05) is 17.7 Å². The van der Waals surface area contributed by atoms with Crippen LogP contribution in [0.15, 0.2) is 16.0 Å². The molecule has 1 amide bonds. The van der Waals surface area contributed by atoms with Crippen LogP contribution in [0, 0.1) is 0 Å². The van der Waals surface area contributed by atoms with Crippen molar-refractivity contribution >= 4 is 40.0 Å². The second kappa shape index (κ2) is 9.24. The van der Waals surface area contributed by atoms with Gasteiger partial charge in [0.2, 0.25) is 11.8 Å². The lowest BCUT2D eigenvalue weighted by atomic mass is 9.95. The Morgan fingerprint density at radius 3 is 2.93 bits per heavy atom. The van der Waals surface area contributed by atoms with E-state index in [1.165, 1.54) is 11.3 Å². The van der Waals surface area contributed by atoms with Crippen molar-refractivity contribution in [3.63, 3.8) is 0 Å². The van der Waals surface area contributed by atoms with Crippen molar-refractivity contribution in [2.24, 2.45) is 0 Å². The second-order valence-electron chi connectivity index (χ2n) is 6.19. The Balaban J connectivity index is 1.65. The molecule has 0 bridgehead atoms. The quantitative estimate of drug-likeness (QED) is 0.356. The first-order valence-electron chi connectivity index (χ1n) is 9.02. The monoisotopic (exact) mass is 423 g/mol. The minimum Gasteiger partial charge on any atom is -0.493 e. The van der Waals surface area contributed by atoms with Crippen molar-refractivity contribution in [1.29, 1.82) is 0 Å². The van der Waals surface area contributed by atoms with Crippen molar-refractivity contribution in [3.8, 4) is 5.88 Å². The predicted molar refractivity (Wildman–Crippen MR) is 107 cm³/mol. The number of amides is 1. The molecule has 2 aromatic rings. The van der Waals surface area contributed by atoms with Gasteiger partial charge in [0.05, 0.1) is 18.2 Å². The van der Waals surface area contributed by atoms with Gasteiger partial charge in [0, 0.05) is 17.1 Å². The van der Waals surface area contributed by atoms with Crippen LogP contribution in [0.1, 0.15) is 47.0 Å². The molecular formula is C18H21N3O5S2. The molecule has 0 aromatic carbocycles. The van der Waals surface area contributed by atoms with Crippen molar-refractivity contribution in [1.82, 2.24) is 9.97 Å².